The zero-order valence-electron chi connectivity index (χ0n) is 10.3. The van der Waals surface area contributed by atoms with Gasteiger partial charge >= 0.3 is 5.97 Å². The first-order valence-electron chi connectivity index (χ1n) is 5.86. The smallest absolute Gasteiger partial charge is 0.305 e. The number of methoxy groups -OCH3 is 1. The molecular formula is C13H22O4. The average Bonchev–Trinajstić information content (AvgIpc) is 2.35. The number of allylic oxidation sites excluding steroid dienone is 3. The highest BCUT2D eigenvalue weighted by molar-refractivity contribution is 5.68. The van der Waals surface area contributed by atoms with Crippen LogP contribution in [0.15, 0.2) is 24.3 Å². The predicted molar refractivity (Wildman–Crippen MR) is 66.5 cm³/mol. The first kappa shape index (κ1) is 15.9. The van der Waals surface area contributed by atoms with Gasteiger partial charge < -0.3 is 14.9 Å². The van der Waals surface area contributed by atoms with Crippen LogP contribution in [-0.2, 0) is 9.53 Å². The molecule has 0 spiro atoms. The van der Waals surface area contributed by atoms with Crippen molar-refractivity contribution >= 4 is 5.97 Å². The predicted octanol–water partition coefficient (Wildman–Crippen LogP) is 1.58. The van der Waals surface area contributed by atoms with Crippen molar-refractivity contribution in [3.63, 3.8) is 0 Å². The van der Waals surface area contributed by atoms with E-state index in [0.29, 0.717) is 12.8 Å². The fourth-order valence-corrected chi connectivity index (χ4v) is 1.18. The maximum Gasteiger partial charge on any atom is 0.305 e. The molecule has 4 heteroatoms. The molecule has 0 rings (SSSR count). The van der Waals surface area contributed by atoms with E-state index in [0.717, 1.165) is 19.3 Å². The van der Waals surface area contributed by atoms with Gasteiger partial charge in [0.25, 0.3) is 0 Å². The molecular weight excluding hydrogens is 220 g/mol. The molecule has 0 aromatic carbocycles. The van der Waals surface area contributed by atoms with Crippen LogP contribution in [0.25, 0.3) is 0 Å². The number of unbranched alkanes of at least 4 members (excludes halogenated alkanes) is 1. The van der Waals surface area contributed by atoms with E-state index >= 15 is 0 Å². The Balaban J connectivity index is 3.39. The van der Waals surface area contributed by atoms with Crippen LogP contribution in [-0.4, -0.2) is 36.0 Å². The van der Waals surface area contributed by atoms with Crippen LogP contribution < -0.4 is 0 Å². The van der Waals surface area contributed by atoms with Gasteiger partial charge in [-0.15, -0.1) is 0 Å². The van der Waals surface area contributed by atoms with Gasteiger partial charge in [-0.2, -0.15) is 0 Å². The van der Waals surface area contributed by atoms with Gasteiger partial charge in [-0.05, 0) is 25.7 Å². The molecule has 0 aliphatic carbocycles. The first-order chi connectivity index (χ1) is 8.20. The van der Waals surface area contributed by atoms with Crippen LogP contribution in [0.2, 0.25) is 0 Å². The van der Waals surface area contributed by atoms with E-state index in [4.69, 9.17) is 10.2 Å². The summed E-state index contributed by atoms with van der Waals surface area (Å²) in [5.74, 6) is -0.170. The topological polar surface area (TPSA) is 66.8 Å². The van der Waals surface area contributed by atoms with Crippen LogP contribution in [0, 0.1) is 0 Å². The van der Waals surface area contributed by atoms with Crippen LogP contribution in [0.1, 0.15) is 32.1 Å². The third kappa shape index (κ3) is 11.1. The zero-order chi connectivity index (χ0) is 12.9. The van der Waals surface area contributed by atoms with Crippen molar-refractivity contribution < 1.29 is 19.7 Å². The summed E-state index contributed by atoms with van der Waals surface area (Å²) in [7, 11) is 1.39. The van der Waals surface area contributed by atoms with Crippen molar-refractivity contribution in [2.24, 2.45) is 0 Å². The molecule has 1 unspecified atom stereocenters. The Labute approximate surface area is 103 Å². The van der Waals surface area contributed by atoms with Crippen molar-refractivity contribution in [1.29, 1.82) is 0 Å². The van der Waals surface area contributed by atoms with Crippen molar-refractivity contribution in [2.75, 3.05) is 13.7 Å². The number of carbonyl (C=O) groups excluding carboxylic acids is 1. The second-order valence-corrected chi connectivity index (χ2v) is 3.72. The fourth-order valence-electron chi connectivity index (χ4n) is 1.18. The van der Waals surface area contributed by atoms with Gasteiger partial charge in [0.2, 0.25) is 0 Å². The first-order valence-corrected chi connectivity index (χ1v) is 5.86. The molecule has 0 heterocycles. The van der Waals surface area contributed by atoms with E-state index in [-0.39, 0.29) is 12.6 Å². The summed E-state index contributed by atoms with van der Waals surface area (Å²) < 4.78 is 4.52. The van der Waals surface area contributed by atoms with Gasteiger partial charge in [0.1, 0.15) is 0 Å². The normalized spacial score (nSPS) is 13.4. The summed E-state index contributed by atoms with van der Waals surface area (Å²) in [6.07, 6.45) is 10.6. The summed E-state index contributed by atoms with van der Waals surface area (Å²) in [6, 6.07) is 0. The maximum atomic E-state index is 10.8. The Bertz CT molecular complexity index is 246. The lowest BCUT2D eigenvalue weighted by atomic mass is 10.2. The molecule has 0 aliphatic heterocycles. The Morgan fingerprint density at radius 2 is 2.00 bits per heavy atom. The number of ether oxygens (including phenoxy) is 1. The maximum absolute atomic E-state index is 10.8. The van der Waals surface area contributed by atoms with E-state index < -0.39 is 6.10 Å². The molecule has 1 atom stereocenters. The Morgan fingerprint density at radius 3 is 2.65 bits per heavy atom. The molecule has 98 valence electrons. The molecule has 0 saturated carbocycles. The molecule has 0 fully saturated rings. The minimum atomic E-state index is -0.657. The molecule has 0 amide bonds. The molecule has 0 aromatic rings. The molecule has 0 saturated heterocycles. The van der Waals surface area contributed by atoms with E-state index in [1.807, 2.05) is 24.3 Å². The Hall–Kier alpha value is -1.13. The minimum absolute atomic E-state index is 0.170. The monoisotopic (exact) mass is 242 g/mol. The fraction of sp³-hybridized carbons (Fsp3) is 0.615. The molecule has 0 aromatic heterocycles. The number of aliphatic hydroxyl groups excluding tert-OH is 2. The van der Waals surface area contributed by atoms with Crippen LogP contribution in [0.3, 0.4) is 0 Å². The number of esters is 1. The van der Waals surface area contributed by atoms with Crippen LogP contribution >= 0.6 is 0 Å². The molecule has 0 radical (unpaired) electrons. The van der Waals surface area contributed by atoms with Gasteiger partial charge in [-0.25, -0.2) is 0 Å². The quantitative estimate of drug-likeness (QED) is 0.366. The lowest BCUT2D eigenvalue weighted by Gasteiger charge is -2.00. The summed E-state index contributed by atoms with van der Waals surface area (Å²) in [5.41, 5.74) is 0. The average molecular weight is 242 g/mol. The lowest BCUT2D eigenvalue weighted by Crippen LogP contribution is -2.09. The number of rotatable bonds is 9. The standard InChI is InChI=1S/C13H22O4/c1-17-13(16)10-8-6-4-2-3-5-7-9-12(15)11-14/h2,4-5,7,12,14-15H,3,6,8-11H2,1H3/b4-2-,7-5-. The molecule has 0 aliphatic rings. The van der Waals surface area contributed by atoms with E-state index in [1.54, 1.807) is 0 Å². The molecule has 17 heavy (non-hydrogen) atoms. The third-order valence-electron chi connectivity index (χ3n) is 2.20. The lowest BCUT2D eigenvalue weighted by molar-refractivity contribution is -0.140. The van der Waals surface area contributed by atoms with Gasteiger partial charge in [0, 0.05) is 6.42 Å². The minimum Gasteiger partial charge on any atom is -0.469 e. The number of carbonyl (C=O) groups is 1. The van der Waals surface area contributed by atoms with Gasteiger partial charge in [-0.1, -0.05) is 24.3 Å². The summed E-state index contributed by atoms with van der Waals surface area (Å²) in [5, 5.41) is 17.6. The SMILES string of the molecule is COC(=O)CCC/C=C\C/C=C\CC(O)CO. The van der Waals surface area contributed by atoms with Crippen molar-refractivity contribution in [1.82, 2.24) is 0 Å². The number of hydrogen-bond acceptors (Lipinski definition) is 4. The van der Waals surface area contributed by atoms with E-state index in [9.17, 15) is 4.79 Å². The summed E-state index contributed by atoms with van der Waals surface area (Å²) in [4.78, 5) is 10.8. The van der Waals surface area contributed by atoms with Crippen LogP contribution in [0.4, 0.5) is 0 Å². The van der Waals surface area contributed by atoms with Crippen molar-refractivity contribution in [3.8, 4) is 0 Å². The Kier molecular flexibility index (Phi) is 10.6. The van der Waals surface area contributed by atoms with Gasteiger partial charge in [-0.3, -0.25) is 4.79 Å². The Morgan fingerprint density at radius 1 is 1.29 bits per heavy atom. The molecule has 2 N–H and O–H groups in total. The highest BCUT2D eigenvalue weighted by atomic mass is 16.5. The zero-order valence-corrected chi connectivity index (χ0v) is 10.3. The molecule has 0 bridgehead atoms. The van der Waals surface area contributed by atoms with E-state index in [2.05, 4.69) is 4.74 Å². The summed E-state index contributed by atoms with van der Waals surface area (Å²) in [6.45, 7) is -0.201. The third-order valence-corrected chi connectivity index (χ3v) is 2.20. The van der Waals surface area contributed by atoms with Crippen LogP contribution in [0.5, 0.6) is 0 Å². The van der Waals surface area contributed by atoms with Gasteiger partial charge in [0.15, 0.2) is 0 Å². The summed E-state index contributed by atoms with van der Waals surface area (Å²) >= 11 is 0. The highest BCUT2D eigenvalue weighted by Gasteiger charge is 1.97. The van der Waals surface area contributed by atoms with Crippen molar-refractivity contribution in [3.05, 3.63) is 24.3 Å². The number of hydrogen-bond donors (Lipinski definition) is 2. The second kappa shape index (κ2) is 11.4. The highest BCUT2D eigenvalue weighted by Crippen LogP contribution is 2.00. The largest absolute Gasteiger partial charge is 0.469 e. The second-order valence-electron chi connectivity index (χ2n) is 3.72. The van der Waals surface area contributed by atoms with Gasteiger partial charge in [0.05, 0.1) is 19.8 Å². The molecule has 4 nitrogen and oxygen atoms in total. The van der Waals surface area contributed by atoms with E-state index in [1.165, 1.54) is 7.11 Å². The van der Waals surface area contributed by atoms with Crippen molar-refractivity contribution in [2.45, 2.75) is 38.2 Å². The number of aliphatic hydroxyl groups is 2.